The van der Waals surface area contributed by atoms with Crippen LogP contribution in [0.4, 0.5) is 0 Å². The van der Waals surface area contributed by atoms with Crippen molar-refractivity contribution < 1.29 is 0 Å². The van der Waals surface area contributed by atoms with E-state index in [0.29, 0.717) is 5.84 Å². The quantitative estimate of drug-likeness (QED) is 0.156. The van der Waals surface area contributed by atoms with Crippen LogP contribution in [0.25, 0.3) is 75.4 Å². The molecular weight excluding hydrogens is 723 g/mol. The molecule has 4 heteroatoms. The normalized spacial score (nSPS) is 14.3. The van der Waals surface area contributed by atoms with Crippen molar-refractivity contribution in [2.75, 3.05) is 0 Å². The zero-order chi connectivity index (χ0) is 38.6. The highest BCUT2D eigenvalue weighted by Gasteiger charge is 2.27. The Hall–Kier alpha value is -7.27. The van der Waals surface area contributed by atoms with E-state index in [-0.39, 0.29) is 6.04 Å². The van der Waals surface area contributed by atoms with Crippen molar-refractivity contribution in [2.45, 2.75) is 6.04 Å². The fourth-order valence-corrected chi connectivity index (χ4v) is 9.71. The predicted molar refractivity (Wildman–Crippen MR) is 246 cm³/mol. The van der Waals surface area contributed by atoms with Gasteiger partial charge in [0, 0.05) is 47.8 Å². The molecule has 1 aliphatic rings. The summed E-state index contributed by atoms with van der Waals surface area (Å²) in [5.74, 6) is 0.692. The smallest absolute Gasteiger partial charge is 0.156 e. The molecule has 2 aromatic heterocycles. The number of aromatic nitrogens is 1. The maximum atomic E-state index is 5.46. The van der Waals surface area contributed by atoms with Crippen LogP contribution in [-0.4, -0.2) is 16.5 Å². The monoisotopic (exact) mass is 757 g/mol. The Labute approximate surface area is 340 Å². The first-order valence-electron chi connectivity index (χ1n) is 19.6. The summed E-state index contributed by atoms with van der Waals surface area (Å²) in [7, 11) is 0. The van der Waals surface area contributed by atoms with Crippen molar-refractivity contribution in [3.63, 3.8) is 0 Å². The van der Waals surface area contributed by atoms with E-state index in [2.05, 4.69) is 170 Å². The van der Waals surface area contributed by atoms with Gasteiger partial charge in [-0.1, -0.05) is 164 Å². The van der Waals surface area contributed by atoms with E-state index < -0.39 is 0 Å². The van der Waals surface area contributed by atoms with Gasteiger partial charge in [0.1, 0.15) is 6.04 Å². The van der Waals surface area contributed by atoms with Crippen molar-refractivity contribution in [1.29, 1.82) is 0 Å². The molecular formula is C54H35N3S. The predicted octanol–water partition coefficient (Wildman–Crippen LogP) is 14.3. The number of fused-ring (bicyclic) bond motifs is 6. The van der Waals surface area contributed by atoms with Crippen LogP contribution in [0.5, 0.6) is 0 Å². The van der Waals surface area contributed by atoms with Crippen molar-refractivity contribution in [2.24, 2.45) is 9.98 Å². The molecule has 1 atom stereocenters. The molecule has 3 heterocycles. The molecule has 0 spiro atoms. The second kappa shape index (κ2) is 14.0. The molecule has 10 aromatic rings. The fraction of sp³-hybridized carbons (Fsp3) is 0.0185. The molecule has 0 aliphatic carbocycles. The summed E-state index contributed by atoms with van der Waals surface area (Å²) in [6.45, 7) is 4.71. The lowest BCUT2D eigenvalue weighted by Gasteiger charge is -2.25. The highest BCUT2D eigenvalue weighted by molar-refractivity contribution is 7.26. The van der Waals surface area contributed by atoms with Gasteiger partial charge in [0.25, 0.3) is 0 Å². The van der Waals surface area contributed by atoms with Crippen LogP contribution in [0.2, 0.25) is 0 Å². The van der Waals surface area contributed by atoms with Gasteiger partial charge in [-0.25, -0.2) is 9.98 Å². The molecule has 0 radical (unpaired) electrons. The van der Waals surface area contributed by atoms with Gasteiger partial charge in [-0.3, -0.25) is 4.99 Å². The summed E-state index contributed by atoms with van der Waals surface area (Å²) in [6, 6.07) is 68.4. The average Bonchev–Trinajstić information content (AvgIpc) is 3.68. The van der Waals surface area contributed by atoms with E-state index in [0.717, 1.165) is 66.8 Å². The minimum atomic E-state index is -0.388. The molecule has 0 N–H and O–H groups in total. The van der Waals surface area contributed by atoms with Gasteiger partial charge in [-0.15, -0.1) is 11.3 Å². The largest absolute Gasteiger partial charge is 0.253 e. The van der Waals surface area contributed by atoms with Crippen LogP contribution in [0, 0.1) is 0 Å². The SMILES string of the molecule is C=C1C(c2ccccc2)=NC(c2ccccc2)=NC1c1cc(-c2cc(-c3ccccc3)c3c(ccc4ccccc43)n2)cc(-c2cccc3c2sc2ccccc23)c1. The lowest BCUT2D eigenvalue weighted by atomic mass is 9.87. The lowest BCUT2D eigenvalue weighted by molar-refractivity contribution is 0.875. The second-order valence-corrected chi connectivity index (χ2v) is 15.9. The number of rotatable bonds is 6. The summed E-state index contributed by atoms with van der Waals surface area (Å²) in [6.07, 6.45) is 0. The van der Waals surface area contributed by atoms with Crippen molar-refractivity contribution in [3.8, 4) is 33.5 Å². The third-order valence-corrected chi connectivity index (χ3v) is 12.5. The molecule has 1 aliphatic heterocycles. The lowest BCUT2D eigenvalue weighted by Crippen LogP contribution is -2.20. The Morgan fingerprint density at radius 3 is 1.93 bits per heavy atom. The summed E-state index contributed by atoms with van der Waals surface area (Å²) >= 11 is 1.84. The van der Waals surface area contributed by atoms with Gasteiger partial charge in [0.15, 0.2) is 5.84 Å². The van der Waals surface area contributed by atoms with E-state index >= 15 is 0 Å². The topological polar surface area (TPSA) is 37.6 Å². The first-order chi connectivity index (χ1) is 28.7. The molecule has 0 amide bonds. The molecule has 0 bridgehead atoms. The number of hydrogen-bond donors (Lipinski definition) is 0. The number of pyridine rings is 1. The Bertz CT molecular complexity index is 3290. The number of aliphatic imine (C=N–C) groups is 2. The van der Waals surface area contributed by atoms with E-state index in [1.54, 1.807) is 0 Å². The Morgan fingerprint density at radius 1 is 0.483 bits per heavy atom. The third-order valence-electron chi connectivity index (χ3n) is 11.2. The second-order valence-electron chi connectivity index (χ2n) is 14.8. The van der Waals surface area contributed by atoms with Gasteiger partial charge in [0.2, 0.25) is 0 Å². The van der Waals surface area contributed by atoms with E-state index in [1.165, 1.54) is 36.5 Å². The van der Waals surface area contributed by atoms with Crippen molar-refractivity contribution in [3.05, 3.63) is 223 Å². The number of thiophene rings is 1. The molecule has 0 saturated heterocycles. The maximum absolute atomic E-state index is 5.46. The van der Waals surface area contributed by atoms with E-state index in [4.69, 9.17) is 21.5 Å². The molecule has 1 unspecified atom stereocenters. The molecule has 272 valence electrons. The van der Waals surface area contributed by atoms with Crippen molar-refractivity contribution >= 4 is 64.7 Å². The van der Waals surface area contributed by atoms with Gasteiger partial charge in [-0.05, 0) is 75.0 Å². The van der Waals surface area contributed by atoms with Crippen molar-refractivity contribution in [1.82, 2.24) is 4.98 Å². The number of benzene rings is 8. The molecule has 0 fully saturated rings. The molecule has 3 nitrogen and oxygen atoms in total. The van der Waals surface area contributed by atoms with Crippen LogP contribution < -0.4 is 0 Å². The Kier molecular flexibility index (Phi) is 8.23. The van der Waals surface area contributed by atoms with Gasteiger partial charge in [-0.2, -0.15) is 0 Å². The standard InChI is InChI=1S/C54H35N3S/c1-34-51(37-19-7-3-8-20-37)56-54(38-21-9-4-10-22-38)57-52(34)41-31-39(43-25-15-26-45-44-24-13-14-27-49(44)58-53(43)45)30-40(32-41)48-33-46(35-16-5-2-6-17-35)50-42-23-12-11-18-36(42)28-29-47(50)55-48/h2-33,52H,1H2. The molecule has 0 saturated carbocycles. The highest BCUT2D eigenvalue weighted by Crippen LogP contribution is 2.44. The van der Waals surface area contributed by atoms with E-state index in [9.17, 15) is 0 Å². The summed E-state index contributed by atoms with van der Waals surface area (Å²) < 4.78 is 2.54. The zero-order valence-electron chi connectivity index (χ0n) is 31.5. The minimum absolute atomic E-state index is 0.388. The Morgan fingerprint density at radius 2 is 1.14 bits per heavy atom. The fourth-order valence-electron chi connectivity index (χ4n) is 8.47. The van der Waals surface area contributed by atoms with E-state index in [1.807, 2.05) is 35.6 Å². The summed E-state index contributed by atoms with van der Waals surface area (Å²) in [5.41, 5.74) is 12.2. The van der Waals surface area contributed by atoms with Gasteiger partial charge in [0.05, 0.1) is 16.9 Å². The van der Waals surface area contributed by atoms with Crippen LogP contribution in [0.15, 0.2) is 216 Å². The number of hydrogen-bond acceptors (Lipinski definition) is 4. The molecule has 8 aromatic carbocycles. The molecule has 11 rings (SSSR count). The summed E-state index contributed by atoms with van der Waals surface area (Å²) in [4.78, 5) is 16.0. The first kappa shape index (κ1) is 34.0. The van der Waals surface area contributed by atoms with Crippen LogP contribution in [-0.2, 0) is 0 Å². The average molecular weight is 758 g/mol. The van der Waals surface area contributed by atoms with Gasteiger partial charge < -0.3 is 0 Å². The highest BCUT2D eigenvalue weighted by atomic mass is 32.1. The number of nitrogens with zero attached hydrogens (tertiary/aromatic N) is 3. The summed E-state index contributed by atoms with van der Waals surface area (Å²) in [5, 5.41) is 6.08. The first-order valence-corrected chi connectivity index (χ1v) is 20.4. The third kappa shape index (κ3) is 5.85. The van der Waals surface area contributed by atoms with Crippen LogP contribution in [0.1, 0.15) is 22.7 Å². The minimum Gasteiger partial charge on any atom is -0.253 e. The zero-order valence-corrected chi connectivity index (χ0v) is 32.3. The van der Waals surface area contributed by atoms with Crippen LogP contribution >= 0.6 is 11.3 Å². The molecule has 58 heavy (non-hydrogen) atoms. The number of amidine groups is 1. The van der Waals surface area contributed by atoms with Crippen LogP contribution in [0.3, 0.4) is 0 Å². The van der Waals surface area contributed by atoms with Gasteiger partial charge >= 0.3 is 0 Å². The maximum Gasteiger partial charge on any atom is 0.156 e. The Balaban J connectivity index is 1.18.